The summed E-state index contributed by atoms with van der Waals surface area (Å²) >= 11 is 0. The van der Waals surface area contributed by atoms with Gasteiger partial charge in [-0.3, -0.25) is 9.59 Å². The molecule has 0 amide bonds. The van der Waals surface area contributed by atoms with Crippen molar-refractivity contribution in [3.05, 3.63) is 11.1 Å². The van der Waals surface area contributed by atoms with Crippen molar-refractivity contribution in [2.24, 2.45) is 23.7 Å². The Morgan fingerprint density at radius 2 is 1.22 bits per heavy atom. The van der Waals surface area contributed by atoms with Crippen molar-refractivity contribution in [2.45, 2.75) is 53.8 Å². The van der Waals surface area contributed by atoms with Crippen LogP contribution in [0.3, 0.4) is 0 Å². The van der Waals surface area contributed by atoms with Crippen molar-refractivity contribution in [3.8, 4) is 0 Å². The second-order valence-corrected chi connectivity index (χ2v) is 7.44. The van der Waals surface area contributed by atoms with E-state index in [0.29, 0.717) is 13.2 Å². The fraction of sp³-hybridized carbons (Fsp3) is 0.778. The highest BCUT2D eigenvalue weighted by atomic mass is 16.6. The lowest BCUT2D eigenvalue weighted by atomic mass is 9.76. The highest BCUT2D eigenvalue weighted by Crippen LogP contribution is 2.47. The third-order valence-corrected chi connectivity index (χ3v) is 4.47. The highest BCUT2D eigenvalue weighted by molar-refractivity contribution is 5.85. The Hall–Kier alpha value is -1.36. The molecule has 0 aromatic carbocycles. The predicted octanol–water partition coefficient (Wildman–Crippen LogP) is 2.73. The molecular weight excluding hydrogens is 296 g/mol. The lowest BCUT2D eigenvalue weighted by Crippen LogP contribution is -2.41. The van der Waals surface area contributed by atoms with Gasteiger partial charge in [-0.25, -0.2) is 0 Å². The quantitative estimate of drug-likeness (QED) is 0.555. The first-order valence-electron chi connectivity index (χ1n) is 8.40. The molecule has 23 heavy (non-hydrogen) atoms. The summed E-state index contributed by atoms with van der Waals surface area (Å²) in [6.45, 7) is 12.5. The predicted molar refractivity (Wildman–Crippen MR) is 85.6 cm³/mol. The van der Waals surface area contributed by atoms with Gasteiger partial charge in [-0.1, -0.05) is 27.7 Å². The maximum atomic E-state index is 12.5. The lowest BCUT2D eigenvalue weighted by molar-refractivity contribution is -0.161. The maximum Gasteiger partial charge on any atom is 0.312 e. The SMILES string of the molecule is CC1=C(C)C2OC1C(C(=O)OCC(C)C)C2C(=O)OCC(C)C. The van der Waals surface area contributed by atoms with Crippen LogP contribution in [0.1, 0.15) is 41.5 Å². The highest BCUT2D eigenvalue weighted by Gasteiger charge is 2.58. The molecule has 5 nitrogen and oxygen atoms in total. The van der Waals surface area contributed by atoms with Crippen LogP contribution in [0.4, 0.5) is 0 Å². The second-order valence-electron chi connectivity index (χ2n) is 7.44. The Balaban J connectivity index is 2.16. The summed E-state index contributed by atoms with van der Waals surface area (Å²) in [5, 5.41) is 0. The summed E-state index contributed by atoms with van der Waals surface area (Å²) in [5.41, 5.74) is 2.07. The molecule has 5 heteroatoms. The summed E-state index contributed by atoms with van der Waals surface area (Å²) in [6.07, 6.45) is -0.729. The third-order valence-electron chi connectivity index (χ3n) is 4.47. The monoisotopic (exact) mass is 324 g/mol. The van der Waals surface area contributed by atoms with Crippen molar-refractivity contribution < 1.29 is 23.8 Å². The van der Waals surface area contributed by atoms with Crippen molar-refractivity contribution in [3.63, 3.8) is 0 Å². The number of carbonyl (C=O) groups is 2. The van der Waals surface area contributed by atoms with E-state index in [0.717, 1.165) is 11.1 Å². The van der Waals surface area contributed by atoms with Gasteiger partial charge in [0.25, 0.3) is 0 Å². The number of esters is 2. The van der Waals surface area contributed by atoms with E-state index in [1.54, 1.807) is 0 Å². The van der Waals surface area contributed by atoms with Crippen LogP contribution in [0, 0.1) is 23.7 Å². The molecule has 2 aliphatic heterocycles. The number of carbonyl (C=O) groups excluding carboxylic acids is 2. The molecule has 1 saturated heterocycles. The molecule has 1 fully saturated rings. The van der Waals surface area contributed by atoms with E-state index in [-0.39, 0.29) is 36.0 Å². The van der Waals surface area contributed by atoms with Crippen molar-refractivity contribution in [2.75, 3.05) is 13.2 Å². The maximum absolute atomic E-state index is 12.5. The minimum atomic E-state index is -0.595. The first-order valence-corrected chi connectivity index (χ1v) is 8.40. The minimum Gasteiger partial charge on any atom is -0.465 e. The zero-order chi connectivity index (χ0) is 17.3. The van der Waals surface area contributed by atoms with Gasteiger partial charge in [0.15, 0.2) is 0 Å². The summed E-state index contributed by atoms with van der Waals surface area (Å²) in [6, 6.07) is 0. The lowest BCUT2D eigenvalue weighted by Gasteiger charge is -2.27. The fourth-order valence-electron chi connectivity index (χ4n) is 3.13. The zero-order valence-corrected chi connectivity index (χ0v) is 14.9. The fourth-order valence-corrected chi connectivity index (χ4v) is 3.13. The second kappa shape index (κ2) is 7.04. The molecule has 130 valence electrons. The van der Waals surface area contributed by atoms with Crippen molar-refractivity contribution in [1.82, 2.24) is 0 Å². The summed E-state index contributed by atoms with van der Waals surface area (Å²) in [4.78, 5) is 25.0. The first kappa shape index (κ1) is 18.0. The first-order chi connectivity index (χ1) is 10.7. The molecule has 0 spiro atoms. The van der Waals surface area contributed by atoms with E-state index in [2.05, 4.69) is 0 Å². The van der Waals surface area contributed by atoms with Crippen LogP contribution in [0.2, 0.25) is 0 Å². The number of hydrogen-bond acceptors (Lipinski definition) is 5. The van der Waals surface area contributed by atoms with Gasteiger partial charge in [-0.15, -0.1) is 0 Å². The molecule has 4 unspecified atom stereocenters. The standard InChI is InChI=1S/C18H28O5/c1-9(2)7-21-17(19)13-14(18(20)22-8-10(3)4)16-12(6)11(5)15(13)23-16/h9-10,13-16H,7-8H2,1-6H3. The zero-order valence-electron chi connectivity index (χ0n) is 14.9. The van der Waals surface area contributed by atoms with Crippen LogP contribution < -0.4 is 0 Å². The molecule has 2 aliphatic rings. The van der Waals surface area contributed by atoms with Gasteiger partial charge in [-0.2, -0.15) is 0 Å². The van der Waals surface area contributed by atoms with Crippen molar-refractivity contribution >= 4 is 11.9 Å². The molecule has 0 saturated carbocycles. The van der Waals surface area contributed by atoms with Crippen LogP contribution in [0.25, 0.3) is 0 Å². The molecule has 0 radical (unpaired) electrons. The number of hydrogen-bond donors (Lipinski definition) is 0. The summed E-state index contributed by atoms with van der Waals surface area (Å²) in [5.74, 6) is -1.40. The number of rotatable bonds is 6. The smallest absolute Gasteiger partial charge is 0.312 e. The molecule has 0 aliphatic carbocycles. The molecule has 0 aromatic rings. The number of ether oxygens (including phenoxy) is 3. The van der Waals surface area contributed by atoms with Crippen LogP contribution >= 0.6 is 0 Å². The van der Waals surface area contributed by atoms with E-state index in [1.807, 2.05) is 41.5 Å². The topological polar surface area (TPSA) is 61.8 Å². The van der Waals surface area contributed by atoms with Gasteiger partial charge in [0.1, 0.15) is 11.8 Å². The third kappa shape index (κ3) is 3.60. The van der Waals surface area contributed by atoms with E-state index < -0.39 is 11.8 Å². The molecular formula is C18H28O5. The van der Waals surface area contributed by atoms with Gasteiger partial charge in [-0.05, 0) is 36.8 Å². The summed E-state index contributed by atoms with van der Waals surface area (Å²) < 4.78 is 16.7. The Morgan fingerprint density at radius 1 is 0.870 bits per heavy atom. The Labute approximate surface area is 138 Å². The Bertz CT molecular complexity index is 462. The molecule has 4 atom stereocenters. The van der Waals surface area contributed by atoms with Crippen molar-refractivity contribution in [1.29, 1.82) is 0 Å². The van der Waals surface area contributed by atoms with Crippen LogP contribution in [-0.4, -0.2) is 37.4 Å². The molecule has 2 heterocycles. The average molecular weight is 324 g/mol. The number of fused-ring (bicyclic) bond motifs is 2. The van der Waals surface area contributed by atoms with Gasteiger partial charge in [0, 0.05) is 0 Å². The van der Waals surface area contributed by atoms with Gasteiger partial charge in [0.05, 0.1) is 25.4 Å². The van der Waals surface area contributed by atoms with Gasteiger partial charge >= 0.3 is 11.9 Å². The molecule has 0 aromatic heterocycles. The van der Waals surface area contributed by atoms with Gasteiger partial charge < -0.3 is 14.2 Å². The molecule has 0 N–H and O–H groups in total. The van der Waals surface area contributed by atoms with E-state index in [4.69, 9.17) is 14.2 Å². The Morgan fingerprint density at radius 3 is 1.52 bits per heavy atom. The average Bonchev–Trinajstić information content (AvgIpc) is 2.99. The van der Waals surface area contributed by atoms with Crippen LogP contribution in [0.15, 0.2) is 11.1 Å². The molecule has 2 bridgehead atoms. The van der Waals surface area contributed by atoms with Gasteiger partial charge in [0.2, 0.25) is 0 Å². The normalized spacial score (nSPS) is 29.6. The van der Waals surface area contributed by atoms with Crippen LogP contribution in [0.5, 0.6) is 0 Å². The molecule has 2 rings (SSSR count). The summed E-state index contributed by atoms with van der Waals surface area (Å²) in [7, 11) is 0. The van der Waals surface area contributed by atoms with E-state index in [1.165, 1.54) is 0 Å². The van der Waals surface area contributed by atoms with Crippen LogP contribution in [-0.2, 0) is 23.8 Å². The van der Waals surface area contributed by atoms with E-state index >= 15 is 0 Å². The largest absolute Gasteiger partial charge is 0.465 e. The Kier molecular flexibility index (Phi) is 5.50. The van der Waals surface area contributed by atoms with E-state index in [9.17, 15) is 9.59 Å². The minimum absolute atomic E-state index is 0.253.